The Bertz CT molecular complexity index is 1230. The second-order valence-corrected chi connectivity index (χ2v) is 7.34. The van der Waals surface area contributed by atoms with Crippen LogP contribution >= 0.6 is 0 Å². The zero-order valence-corrected chi connectivity index (χ0v) is 16.7. The zero-order chi connectivity index (χ0) is 21.2. The first-order valence-corrected chi connectivity index (χ1v) is 10.1. The maximum Gasteiger partial charge on any atom is 0.266 e. The highest BCUT2D eigenvalue weighted by molar-refractivity contribution is 6.34. The molecule has 0 N–H and O–H groups in total. The van der Waals surface area contributed by atoms with Crippen LogP contribution in [-0.2, 0) is 6.61 Å². The molecule has 1 heterocycles. The van der Waals surface area contributed by atoms with Gasteiger partial charge >= 0.3 is 0 Å². The van der Waals surface area contributed by atoms with E-state index >= 15 is 0 Å². The molecule has 0 saturated heterocycles. The van der Waals surface area contributed by atoms with Gasteiger partial charge in [-0.2, -0.15) is 0 Å². The van der Waals surface area contributed by atoms with Crippen molar-refractivity contribution < 1.29 is 14.3 Å². The van der Waals surface area contributed by atoms with Crippen LogP contribution in [0, 0.1) is 0 Å². The van der Waals surface area contributed by atoms with Crippen LogP contribution in [0.4, 0.5) is 5.69 Å². The van der Waals surface area contributed by atoms with Gasteiger partial charge in [-0.15, -0.1) is 0 Å². The van der Waals surface area contributed by atoms with Gasteiger partial charge in [0.05, 0.1) is 16.8 Å². The summed E-state index contributed by atoms with van der Waals surface area (Å²) in [6.45, 7) is 0.509. The van der Waals surface area contributed by atoms with Gasteiger partial charge in [0.2, 0.25) is 0 Å². The highest BCUT2D eigenvalue weighted by Crippen LogP contribution is 2.31. The van der Waals surface area contributed by atoms with E-state index in [0.29, 0.717) is 23.4 Å². The third-order valence-corrected chi connectivity index (χ3v) is 5.33. The Kier molecular flexibility index (Phi) is 4.81. The number of benzene rings is 4. The molecule has 0 atom stereocenters. The molecule has 1 aliphatic rings. The predicted molar refractivity (Wildman–Crippen MR) is 120 cm³/mol. The normalized spacial score (nSPS) is 12.7. The van der Waals surface area contributed by atoms with Crippen LogP contribution in [0.2, 0.25) is 0 Å². The van der Waals surface area contributed by atoms with E-state index < -0.39 is 0 Å². The molecule has 0 aliphatic carbocycles. The van der Waals surface area contributed by atoms with Gasteiger partial charge < -0.3 is 4.74 Å². The molecule has 4 aromatic rings. The molecule has 0 saturated carbocycles. The average molecular weight is 405 g/mol. The van der Waals surface area contributed by atoms with Crippen molar-refractivity contribution in [3.8, 4) is 16.9 Å². The van der Waals surface area contributed by atoms with E-state index in [0.717, 1.165) is 22.4 Å². The molecule has 1 aliphatic heterocycles. The number of imide groups is 1. The van der Waals surface area contributed by atoms with Crippen molar-refractivity contribution in [2.75, 3.05) is 4.90 Å². The summed E-state index contributed by atoms with van der Waals surface area (Å²) < 4.78 is 5.85. The van der Waals surface area contributed by atoms with Crippen molar-refractivity contribution in [3.63, 3.8) is 0 Å². The summed E-state index contributed by atoms with van der Waals surface area (Å²) in [6, 6.07) is 32.2. The van der Waals surface area contributed by atoms with Crippen molar-refractivity contribution in [1.29, 1.82) is 0 Å². The summed E-state index contributed by atoms with van der Waals surface area (Å²) in [5, 5.41) is 0. The Labute approximate surface area is 180 Å². The van der Waals surface area contributed by atoms with Gasteiger partial charge in [0, 0.05) is 0 Å². The average Bonchev–Trinajstić information content (AvgIpc) is 3.09. The van der Waals surface area contributed by atoms with Crippen molar-refractivity contribution in [1.82, 2.24) is 0 Å². The molecule has 2 amide bonds. The van der Waals surface area contributed by atoms with Gasteiger partial charge in [0.25, 0.3) is 11.8 Å². The minimum atomic E-state index is -0.289. The SMILES string of the molecule is O=C1c2ccccc2C(=O)N1c1cccc(-c2ccc(OCc3ccccc3)cc2)c1. The molecule has 4 aromatic carbocycles. The quantitative estimate of drug-likeness (QED) is 0.398. The van der Waals surface area contributed by atoms with Gasteiger partial charge in [0.15, 0.2) is 0 Å². The largest absolute Gasteiger partial charge is 0.489 e. The maximum absolute atomic E-state index is 12.8. The summed E-state index contributed by atoms with van der Waals surface area (Å²) in [4.78, 5) is 26.8. The number of carbonyl (C=O) groups excluding carboxylic acids is 2. The Morgan fingerprint density at radius 2 is 1.26 bits per heavy atom. The third-order valence-electron chi connectivity index (χ3n) is 5.33. The molecule has 0 radical (unpaired) electrons. The summed E-state index contributed by atoms with van der Waals surface area (Å²) in [5.41, 5.74) is 4.46. The topological polar surface area (TPSA) is 46.6 Å². The van der Waals surface area contributed by atoms with E-state index in [1.165, 1.54) is 4.90 Å². The molecule has 0 aromatic heterocycles. The predicted octanol–water partition coefficient (Wildman–Crippen LogP) is 5.73. The molecular formula is C27H19NO3. The van der Waals surface area contributed by atoms with E-state index in [4.69, 9.17) is 4.74 Å². The second kappa shape index (κ2) is 7.92. The van der Waals surface area contributed by atoms with Gasteiger partial charge in [-0.3, -0.25) is 9.59 Å². The van der Waals surface area contributed by atoms with E-state index in [1.54, 1.807) is 30.3 Å². The Morgan fingerprint density at radius 1 is 0.613 bits per heavy atom. The van der Waals surface area contributed by atoms with Gasteiger partial charge in [0.1, 0.15) is 12.4 Å². The minimum absolute atomic E-state index is 0.289. The lowest BCUT2D eigenvalue weighted by Gasteiger charge is -2.15. The van der Waals surface area contributed by atoms with E-state index in [-0.39, 0.29) is 11.8 Å². The first-order chi connectivity index (χ1) is 15.2. The van der Waals surface area contributed by atoms with E-state index in [1.807, 2.05) is 72.8 Å². The lowest BCUT2D eigenvalue weighted by molar-refractivity contribution is 0.0926. The molecule has 31 heavy (non-hydrogen) atoms. The number of amides is 2. The van der Waals surface area contributed by atoms with Crippen LogP contribution in [0.1, 0.15) is 26.3 Å². The number of nitrogens with zero attached hydrogens (tertiary/aromatic N) is 1. The molecule has 0 spiro atoms. The third kappa shape index (κ3) is 3.60. The second-order valence-electron chi connectivity index (χ2n) is 7.34. The molecule has 4 heteroatoms. The highest BCUT2D eigenvalue weighted by Gasteiger charge is 2.36. The molecule has 4 nitrogen and oxygen atoms in total. The van der Waals surface area contributed by atoms with Crippen LogP contribution in [0.3, 0.4) is 0 Å². The summed E-state index contributed by atoms with van der Waals surface area (Å²) in [6.07, 6.45) is 0. The fourth-order valence-electron chi connectivity index (χ4n) is 3.73. The minimum Gasteiger partial charge on any atom is -0.489 e. The van der Waals surface area contributed by atoms with Crippen molar-refractivity contribution in [2.45, 2.75) is 6.61 Å². The zero-order valence-electron chi connectivity index (χ0n) is 16.7. The van der Waals surface area contributed by atoms with Crippen LogP contribution in [0.15, 0.2) is 103 Å². The number of rotatable bonds is 5. The number of anilines is 1. The standard InChI is InChI=1S/C27H19NO3/c29-26-24-11-4-5-12-25(24)27(30)28(26)22-10-6-9-21(17-22)20-13-15-23(16-14-20)31-18-19-7-2-1-3-8-19/h1-17H,18H2. The lowest BCUT2D eigenvalue weighted by Crippen LogP contribution is -2.29. The molecular weight excluding hydrogens is 386 g/mol. The summed E-state index contributed by atoms with van der Waals surface area (Å²) in [5.74, 6) is 0.203. The van der Waals surface area contributed by atoms with Crippen molar-refractivity contribution in [3.05, 3.63) is 120 Å². The fraction of sp³-hybridized carbons (Fsp3) is 0.0370. The lowest BCUT2D eigenvalue weighted by atomic mass is 10.0. The smallest absolute Gasteiger partial charge is 0.266 e. The number of ether oxygens (including phenoxy) is 1. The first-order valence-electron chi connectivity index (χ1n) is 10.1. The molecule has 0 unspecified atom stereocenters. The Hall–Kier alpha value is -4.18. The van der Waals surface area contributed by atoms with Crippen LogP contribution in [0.5, 0.6) is 5.75 Å². The van der Waals surface area contributed by atoms with E-state index in [9.17, 15) is 9.59 Å². The van der Waals surface area contributed by atoms with Crippen LogP contribution in [-0.4, -0.2) is 11.8 Å². The van der Waals surface area contributed by atoms with Gasteiger partial charge in [-0.05, 0) is 53.1 Å². The molecule has 0 bridgehead atoms. The van der Waals surface area contributed by atoms with Crippen molar-refractivity contribution >= 4 is 17.5 Å². The maximum atomic E-state index is 12.8. The fourth-order valence-corrected chi connectivity index (χ4v) is 3.73. The van der Waals surface area contributed by atoms with Crippen LogP contribution in [0.25, 0.3) is 11.1 Å². The highest BCUT2D eigenvalue weighted by atomic mass is 16.5. The van der Waals surface area contributed by atoms with Crippen LogP contribution < -0.4 is 9.64 Å². The van der Waals surface area contributed by atoms with E-state index in [2.05, 4.69) is 0 Å². The summed E-state index contributed by atoms with van der Waals surface area (Å²) >= 11 is 0. The molecule has 0 fully saturated rings. The van der Waals surface area contributed by atoms with Gasteiger partial charge in [-0.1, -0.05) is 66.7 Å². The summed E-state index contributed by atoms with van der Waals surface area (Å²) in [7, 11) is 0. The van der Waals surface area contributed by atoms with Gasteiger partial charge in [-0.25, -0.2) is 4.90 Å². The first kappa shape index (κ1) is 18.8. The molecule has 150 valence electrons. The number of hydrogen-bond acceptors (Lipinski definition) is 3. The number of carbonyl (C=O) groups is 2. The Morgan fingerprint density at radius 3 is 1.94 bits per heavy atom. The Balaban J connectivity index is 1.36. The van der Waals surface area contributed by atoms with Crippen molar-refractivity contribution in [2.24, 2.45) is 0 Å². The molecule has 5 rings (SSSR count). The number of hydrogen-bond donors (Lipinski definition) is 0. The monoisotopic (exact) mass is 405 g/mol. The number of fused-ring (bicyclic) bond motifs is 1.